The monoisotopic (exact) mass is 1140 g/mol. The van der Waals surface area contributed by atoms with Crippen LogP contribution in [0.15, 0.2) is 212 Å². The minimum Gasteiger partial charge on any atom is -0.387 e. The molecule has 0 aromatic heterocycles. The van der Waals surface area contributed by atoms with Crippen LogP contribution in [0.4, 0.5) is 0 Å². The molecule has 0 atom stereocenters. The van der Waals surface area contributed by atoms with E-state index in [1.807, 2.05) is 84.9 Å². The maximum absolute atomic E-state index is 9.97. The Balaban J connectivity index is 0.000000308. The molecule has 0 saturated heterocycles. The normalized spacial score (nSPS) is 9.57. The number of hydrogen-bond acceptors (Lipinski definition) is 11. The van der Waals surface area contributed by atoms with Gasteiger partial charge in [0.05, 0.1) is 19.8 Å². The molecule has 0 fully saturated rings. The lowest BCUT2D eigenvalue weighted by Crippen LogP contribution is -2.64. The van der Waals surface area contributed by atoms with Gasteiger partial charge in [-0.05, 0) is 111 Å². The van der Waals surface area contributed by atoms with E-state index in [4.69, 9.17) is 44.6 Å². The summed E-state index contributed by atoms with van der Waals surface area (Å²) < 4.78 is 24.5. The minimum absolute atomic E-state index is 0. The quantitative estimate of drug-likeness (QED) is 0.0591. The van der Waals surface area contributed by atoms with Gasteiger partial charge in [0.25, 0.3) is 0 Å². The van der Waals surface area contributed by atoms with Gasteiger partial charge in [0, 0.05) is 45.9 Å². The Bertz CT molecular complexity index is 3550. The molecule has 0 aliphatic carbocycles. The Hall–Kier alpha value is -9.87. The van der Waals surface area contributed by atoms with E-state index < -0.39 is 35.2 Å². The molecule has 0 unspecified atom stereocenters. The zero-order chi connectivity index (χ0) is 58.9. The summed E-state index contributed by atoms with van der Waals surface area (Å²) in [7, 11) is -15.9. The zero-order valence-corrected chi connectivity index (χ0v) is 47.7. The molecular weight excluding hydrogens is 1090 g/mol. The molecule has 0 bridgehead atoms. The Morgan fingerprint density at radius 2 is 0.488 bits per heavy atom. The van der Waals surface area contributed by atoms with Crippen molar-refractivity contribution in [1.82, 2.24) is 0 Å². The highest BCUT2D eigenvalue weighted by Gasteiger charge is 2.48. The predicted octanol–water partition coefficient (Wildman–Crippen LogP) is 3.49. The van der Waals surface area contributed by atoms with Gasteiger partial charge in [0.2, 0.25) is 0 Å². The summed E-state index contributed by atoms with van der Waals surface area (Å²) in [5.74, 6) is 48.2. The second kappa shape index (κ2) is 37.1. The van der Waals surface area contributed by atoms with Crippen LogP contribution in [0.1, 0.15) is 18.1 Å². The van der Waals surface area contributed by atoms with Gasteiger partial charge in [-0.15, -0.1) is 12.8 Å². The molecule has 0 saturated carbocycles. The van der Waals surface area contributed by atoms with Crippen molar-refractivity contribution in [3.8, 4) is 131 Å². The Kier molecular flexibility index (Phi) is 29.2. The van der Waals surface area contributed by atoms with Crippen molar-refractivity contribution in [2.45, 2.75) is 19.8 Å². The first-order chi connectivity index (χ1) is 39.8. The standard InChI is InChI=1S/C27H26O3Si.C22H2.C12H14O5Si2.C6H8O3Si.H2/c1-5-13-24(14-6-1)21-28-31(27-19-11-4-12-20-27,29-22-25-15-7-2-8-16-25)30-23-26-17-9-3-10-18-26;1-3-5-7-9-11-13-15-17-19-21-22-20-18-16-14-12-10-8-6-4-2;13-18(14,11-7-3-1-4-8-11)17-19(15,16)12-9-5-2-6-10-12;7-10(8,9)6-4-2-1-3-5-6;/h1-20H,21-23H2;1-2H;1-10,13-16H;1-5,7-9H;1H. The molecule has 0 spiro atoms. The van der Waals surface area contributed by atoms with Crippen molar-refractivity contribution in [2.24, 2.45) is 0 Å². The molecule has 402 valence electrons. The van der Waals surface area contributed by atoms with Crippen LogP contribution in [0.5, 0.6) is 0 Å². The van der Waals surface area contributed by atoms with Gasteiger partial charge in [-0.25, -0.2) is 0 Å². The maximum Gasteiger partial charge on any atom is 0.538 e. The lowest BCUT2D eigenvalue weighted by atomic mass is 10.2. The molecule has 7 N–H and O–H groups in total. The lowest BCUT2D eigenvalue weighted by Gasteiger charge is -2.30. The summed E-state index contributed by atoms with van der Waals surface area (Å²) in [6.45, 7) is 1.27. The van der Waals surface area contributed by atoms with Crippen LogP contribution in [-0.4, -0.2) is 68.8 Å². The number of hydrogen-bond donors (Lipinski definition) is 7. The molecule has 82 heavy (non-hydrogen) atoms. The van der Waals surface area contributed by atoms with E-state index in [2.05, 4.69) is 155 Å². The Morgan fingerprint density at radius 1 is 0.280 bits per heavy atom. The van der Waals surface area contributed by atoms with Gasteiger partial charge in [-0.1, -0.05) is 212 Å². The summed E-state index contributed by atoms with van der Waals surface area (Å²) in [5.41, 5.74) is 3.26. The average molecular weight is 1150 g/mol. The fourth-order valence-corrected chi connectivity index (χ4v) is 13.0. The van der Waals surface area contributed by atoms with Crippen molar-refractivity contribution in [3.63, 3.8) is 0 Å². The van der Waals surface area contributed by atoms with E-state index in [1.54, 1.807) is 54.6 Å². The average Bonchev–Trinajstić information content (AvgIpc) is 3.71. The first-order valence-corrected chi connectivity index (χ1v) is 31.4. The fraction of sp³-hybridized carbons (Fsp3) is 0.0448. The Labute approximate surface area is 485 Å². The van der Waals surface area contributed by atoms with Crippen LogP contribution in [0.3, 0.4) is 0 Å². The summed E-state index contributed by atoms with van der Waals surface area (Å²) in [5, 5.41) is 1.48. The summed E-state index contributed by atoms with van der Waals surface area (Å²) in [4.78, 5) is 66.1. The van der Waals surface area contributed by atoms with Gasteiger partial charge in [0.15, 0.2) is 0 Å². The van der Waals surface area contributed by atoms with E-state index in [0.717, 1.165) is 21.9 Å². The highest BCUT2D eigenvalue weighted by molar-refractivity contribution is 6.85. The molecule has 7 aromatic rings. The van der Waals surface area contributed by atoms with Crippen molar-refractivity contribution in [1.29, 1.82) is 0 Å². The molecule has 0 aliphatic rings. The predicted molar refractivity (Wildman–Crippen MR) is 327 cm³/mol. The topological polar surface area (TPSA) is 179 Å². The third-order valence-electron chi connectivity index (χ3n) is 9.89. The Morgan fingerprint density at radius 3 is 0.707 bits per heavy atom. The van der Waals surface area contributed by atoms with E-state index in [0.29, 0.717) is 19.8 Å². The third kappa shape index (κ3) is 26.2. The summed E-state index contributed by atoms with van der Waals surface area (Å²) >= 11 is 0. The highest BCUT2D eigenvalue weighted by atomic mass is 28.5. The summed E-state index contributed by atoms with van der Waals surface area (Å²) in [6.07, 6.45) is 9.80. The number of terminal acetylenes is 2. The van der Waals surface area contributed by atoms with Gasteiger partial charge in [-0.2, -0.15) is 0 Å². The van der Waals surface area contributed by atoms with Gasteiger partial charge >= 0.3 is 35.2 Å². The minimum atomic E-state index is -4.34. The molecule has 7 aromatic carbocycles. The molecule has 0 aliphatic heterocycles. The van der Waals surface area contributed by atoms with Gasteiger partial charge in [-0.3, -0.25) is 0 Å². The van der Waals surface area contributed by atoms with Crippen molar-refractivity contribution in [3.05, 3.63) is 229 Å². The van der Waals surface area contributed by atoms with Crippen molar-refractivity contribution in [2.75, 3.05) is 0 Å². The van der Waals surface area contributed by atoms with Gasteiger partial charge < -0.3 is 51.0 Å². The second-order valence-electron chi connectivity index (χ2n) is 15.8. The van der Waals surface area contributed by atoms with E-state index in [9.17, 15) is 19.2 Å². The molecule has 11 nitrogen and oxygen atoms in total. The molecule has 0 heterocycles. The van der Waals surface area contributed by atoms with E-state index >= 15 is 0 Å². The van der Waals surface area contributed by atoms with Crippen LogP contribution in [0.25, 0.3) is 0 Å². The maximum atomic E-state index is 9.97. The lowest BCUT2D eigenvalue weighted by molar-refractivity contribution is 0.0564. The third-order valence-corrected chi connectivity index (χ3v) is 18.1. The van der Waals surface area contributed by atoms with Crippen molar-refractivity contribution < 1.29 is 52.4 Å². The first-order valence-electron chi connectivity index (χ1n) is 24.2. The van der Waals surface area contributed by atoms with E-state index in [-0.39, 0.29) is 17.0 Å². The van der Waals surface area contributed by atoms with Gasteiger partial charge in [0.1, 0.15) is 0 Å². The number of benzene rings is 7. The largest absolute Gasteiger partial charge is 0.538 e. The van der Waals surface area contributed by atoms with Crippen LogP contribution >= 0.6 is 0 Å². The van der Waals surface area contributed by atoms with Crippen LogP contribution < -0.4 is 20.7 Å². The molecule has 7 rings (SSSR count). The van der Waals surface area contributed by atoms with Crippen molar-refractivity contribution >= 4 is 56.0 Å². The molecule has 15 heteroatoms. The van der Waals surface area contributed by atoms with Crippen LogP contribution in [0, 0.1) is 131 Å². The second-order valence-corrected chi connectivity index (χ2v) is 24.6. The zero-order valence-electron chi connectivity index (χ0n) is 43.7. The molecular formula is C67H52O11Si4. The summed E-state index contributed by atoms with van der Waals surface area (Å²) in [6, 6.07) is 64.3. The van der Waals surface area contributed by atoms with Crippen LogP contribution in [-0.2, 0) is 37.2 Å². The fourth-order valence-electron chi connectivity index (χ4n) is 6.14. The van der Waals surface area contributed by atoms with Crippen LogP contribution in [0.2, 0.25) is 0 Å². The molecule has 0 amide bonds. The number of rotatable bonds is 15. The first kappa shape index (κ1) is 64.7. The van der Waals surface area contributed by atoms with E-state index in [1.165, 1.54) is 36.4 Å². The highest BCUT2D eigenvalue weighted by Crippen LogP contribution is 2.19. The SMILES string of the molecule is C#CC#CC#CC#CC#CC#CC#CC#CC#CC#CC#C.O[Si](O)(O)c1ccccc1.O[Si](O)(O[Si](O)(O)c1ccccc1)c1ccccc1.[HH].c1ccc(CO[Si](OCc2ccccc2)(OCc2ccccc2)c2ccccc2)cc1. The molecule has 0 radical (unpaired) electrons. The smallest absolute Gasteiger partial charge is 0.387 e.